The van der Waals surface area contributed by atoms with Crippen molar-refractivity contribution in [2.24, 2.45) is 0 Å². The number of aromatic nitrogens is 2. The molecule has 0 fully saturated rings. The summed E-state index contributed by atoms with van der Waals surface area (Å²) in [4.78, 5) is 0. The van der Waals surface area contributed by atoms with E-state index in [1.807, 2.05) is 12.1 Å². The number of hydrogen-bond donors (Lipinski definition) is 0. The Kier molecular flexibility index (Phi) is 8.78. The van der Waals surface area contributed by atoms with Gasteiger partial charge in [0.25, 0.3) is 0 Å². The van der Waals surface area contributed by atoms with E-state index in [0.717, 1.165) is 37.2 Å². The summed E-state index contributed by atoms with van der Waals surface area (Å²) in [6.07, 6.45) is 8.86. The number of halogens is 1. The van der Waals surface area contributed by atoms with E-state index in [4.69, 9.17) is 4.74 Å². The molecule has 0 saturated carbocycles. The quantitative estimate of drug-likeness (QED) is 0.219. The fraction of sp³-hybridized carbons (Fsp3) is 0.139. The molecular formula is C36H33BrN2O. The molecule has 3 nitrogen and oxygen atoms in total. The summed E-state index contributed by atoms with van der Waals surface area (Å²) in [6.45, 7) is 1.77. The lowest BCUT2D eigenvalue weighted by atomic mass is 10.1. The lowest BCUT2D eigenvalue weighted by Gasteiger charge is -2.10. The topological polar surface area (TPSA) is 18.0 Å². The molecule has 0 bridgehead atoms. The van der Waals surface area contributed by atoms with Crippen LogP contribution in [0.3, 0.4) is 0 Å². The van der Waals surface area contributed by atoms with Gasteiger partial charge in [-0.1, -0.05) is 91.0 Å². The number of nitrogens with zero attached hydrogens (tertiary/aromatic N) is 2. The molecule has 4 heteroatoms. The van der Waals surface area contributed by atoms with E-state index in [1.54, 1.807) is 7.11 Å². The average Bonchev–Trinajstić information content (AvgIpc) is 3.31. The molecule has 0 N–H and O–H groups in total. The summed E-state index contributed by atoms with van der Waals surface area (Å²) in [5, 5.41) is 2.60. The van der Waals surface area contributed by atoms with Crippen molar-refractivity contribution in [3.8, 4) is 5.75 Å². The van der Waals surface area contributed by atoms with Gasteiger partial charge in [-0.25, -0.2) is 0 Å². The number of pyridine rings is 1. The Morgan fingerprint density at radius 2 is 1.38 bits per heavy atom. The molecule has 6 aromatic rings. The van der Waals surface area contributed by atoms with Crippen molar-refractivity contribution < 1.29 is 26.3 Å². The van der Waals surface area contributed by atoms with Crippen LogP contribution in [0.4, 0.5) is 0 Å². The molecule has 2 heterocycles. The van der Waals surface area contributed by atoms with Gasteiger partial charge in [0.1, 0.15) is 11.3 Å². The number of aryl methyl sites for hydroxylation is 2. The van der Waals surface area contributed by atoms with Gasteiger partial charge in [0.05, 0.1) is 7.11 Å². The van der Waals surface area contributed by atoms with Crippen LogP contribution in [0.15, 0.2) is 121 Å². The summed E-state index contributed by atoms with van der Waals surface area (Å²) in [6, 6.07) is 40.8. The highest BCUT2D eigenvalue weighted by Crippen LogP contribution is 2.31. The van der Waals surface area contributed by atoms with Crippen LogP contribution < -0.4 is 26.3 Å². The Labute approximate surface area is 246 Å². The zero-order valence-electron chi connectivity index (χ0n) is 22.7. The number of fused-ring (bicyclic) bond motifs is 3. The van der Waals surface area contributed by atoms with Crippen LogP contribution in [0.1, 0.15) is 28.8 Å². The summed E-state index contributed by atoms with van der Waals surface area (Å²) in [7, 11) is 1.70. The normalized spacial score (nSPS) is 11.2. The second kappa shape index (κ2) is 12.8. The number of benzene rings is 4. The van der Waals surface area contributed by atoms with Crippen LogP contribution in [0.25, 0.3) is 34.0 Å². The largest absolute Gasteiger partial charge is 1.00 e. The van der Waals surface area contributed by atoms with E-state index in [9.17, 15) is 0 Å². The second-order valence-electron chi connectivity index (χ2n) is 9.94. The van der Waals surface area contributed by atoms with Gasteiger partial charge >= 0.3 is 0 Å². The molecule has 0 spiro atoms. The van der Waals surface area contributed by atoms with Crippen molar-refractivity contribution in [2.45, 2.75) is 25.9 Å². The van der Waals surface area contributed by atoms with Crippen molar-refractivity contribution in [1.82, 2.24) is 4.57 Å². The van der Waals surface area contributed by atoms with Crippen molar-refractivity contribution in [3.05, 3.63) is 144 Å². The van der Waals surface area contributed by atoms with Crippen LogP contribution in [0, 0.1) is 0 Å². The molecule has 0 amide bonds. The average molecular weight is 590 g/mol. The van der Waals surface area contributed by atoms with Crippen LogP contribution in [0.5, 0.6) is 5.75 Å². The highest BCUT2D eigenvalue weighted by Gasteiger charge is 2.21. The Bertz CT molecular complexity index is 1720. The standard InChI is InChI=1S/C36H33N2O.BrH/c1-39-31-21-18-29(19-22-31)20-23-35-36-33(24-26-37(35)27-30-13-6-3-7-14-30)32-16-8-9-17-34(32)38(36)25-10-15-28-11-4-2-5-12-28;/h2-9,11-14,16-24,26H,10,15,25,27H2,1H3;1H/q+1;/p-1/b23-20+;. The molecule has 2 aromatic heterocycles. The third-order valence-electron chi connectivity index (χ3n) is 7.42. The molecule has 0 radical (unpaired) electrons. The Balaban J connectivity index is 0.00000323. The summed E-state index contributed by atoms with van der Waals surface area (Å²) in [5.41, 5.74) is 7.60. The predicted molar refractivity (Wildman–Crippen MR) is 162 cm³/mol. The van der Waals surface area contributed by atoms with E-state index < -0.39 is 0 Å². The first-order valence-electron chi connectivity index (χ1n) is 13.6. The van der Waals surface area contributed by atoms with E-state index in [2.05, 4.69) is 131 Å². The third kappa shape index (κ3) is 5.88. The molecule has 0 unspecified atom stereocenters. The second-order valence-corrected chi connectivity index (χ2v) is 9.94. The highest BCUT2D eigenvalue weighted by atomic mass is 79.9. The van der Waals surface area contributed by atoms with Gasteiger partial charge < -0.3 is 26.3 Å². The minimum absolute atomic E-state index is 0. The number of methoxy groups -OCH3 is 1. The highest BCUT2D eigenvalue weighted by molar-refractivity contribution is 6.09. The monoisotopic (exact) mass is 588 g/mol. The van der Waals surface area contributed by atoms with Gasteiger partial charge in [-0.15, -0.1) is 0 Å². The van der Waals surface area contributed by atoms with Gasteiger partial charge in [-0.2, -0.15) is 4.57 Å². The molecule has 6 rings (SSSR count). The first kappa shape index (κ1) is 27.4. The molecule has 200 valence electrons. The Morgan fingerprint density at radius 3 is 2.10 bits per heavy atom. The Hall–Kier alpha value is -4.15. The van der Waals surface area contributed by atoms with Crippen LogP contribution in [-0.4, -0.2) is 11.7 Å². The Morgan fingerprint density at radius 1 is 0.700 bits per heavy atom. The number of ether oxygens (including phenoxy) is 1. The maximum atomic E-state index is 5.36. The molecule has 0 atom stereocenters. The minimum atomic E-state index is 0. The first-order chi connectivity index (χ1) is 19.3. The molecule has 0 saturated heterocycles. The van der Waals surface area contributed by atoms with E-state index in [1.165, 1.54) is 38.6 Å². The van der Waals surface area contributed by atoms with Gasteiger partial charge in [0.2, 0.25) is 5.69 Å². The molecule has 0 aliphatic heterocycles. The number of rotatable bonds is 9. The van der Waals surface area contributed by atoms with E-state index in [-0.39, 0.29) is 17.0 Å². The zero-order chi connectivity index (χ0) is 26.4. The summed E-state index contributed by atoms with van der Waals surface area (Å²) >= 11 is 0. The predicted octanol–water partition coefficient (Wildman–Crippen LogP) is 4.95. The van der Waals surface area contributed by atoms with Gasteiger partial charge in [-0.05, 0) is 48.2 Å². The van der Waals surface area contributed by atoms with Crippen molar-refractivity contribution in [3.63, 3.8) is 0 Å². The minimum Gasteiger partial charge on any atom is -1.00 e. The van der Waals surface area contributed by atoms with Gasteiger partial charge in [-0.3, -0.25) is 0 Å². The third-order valence-corrected chi connectivity index (χ3v) is 7.42. The molecular weight excluding hydrogens is 556 g/mol. The van der Waals surface area contributed by atoms with Crippen molar-refractivity contribution in [2.75, 3.05) is 7.11 Å². The summed E-state index contributed by atoms with van der Waals surface area (Å²) in [5.74, 6) is 0.868. The fourth-order valence-electron chi connectivity index (χ4n) is 5.46. The fourth-order valence-corrected chi connectivity index (χ4v) is 5.46. The summed E-state index contributed by atoms with van der Waals surface area (Å²) < 4.78 is 10.3. The van der Waals surface area contributed by atoms with E-state index in [0.29, 0.717) is 0 Å². The maximum absolute atomic E-state index is 5.36. The SMILES string of the molecule is COc1ccc(/C=C/c2c3c(cc[n+]2Cc2ccccc2)c2ccccc2n3CCCc2ccccc2)cc1.[Br-]. The molecule has 4 aromatic carbocycles. The number of hydrogen-bond acceptors (Lipinski definition) is 1. The van der Waals surface area contributed by atoms with Gasteiger partial charge in [0.15, 0.2) is 12.7 Å². The van der Waals surface area contributed by atoms with Crippen molar-refractivity contribution >= 4 is 34.0 Å². The maximum Gasteiger partial charge on any atom is 0.230 e. The molecule has 0 aliphatic carbocycles. The molecule has 40 heavy (non-hydrogen) atoms. The lowest BCUT2D eigenvalue weighted by Crippen LogP contribution is -3.00. The van der Waals surface area contributed by atoms with Crippen molar-refractivity contribution in [1.29, 1.82) is 0 Å². The van der Waals surface area contributed by atoms with Crippen LogP contribution in [-0.2, 0) is 19.5 Å². The van der Waals surface area contributed by atoms with Crippen LogP contribution in [0.2, 0.25) is 0 Å². The lowest BCUT2D eigenvalue weighted by molar-refractivity contribution is -0.688. The molecule has 0 aliphatic rings. The van der Waals surface area contributed by atoms with Crippen LogP contribution >= 0.6 is 0 Å². The van der Waals surface area contributed by atoms with E-state index >= 15 is 0 Å². The van der Waals surface area contributed by atoms with Gasteiger partial charge in [0, 0.05) is 40.5 Å². The smallest absolute Gasteiger partial charge is 0.230 e. The first-order valence-corrected chi connectivity index (χ1v) is 13.6. The zero-order valence-corrected chi connectivity index (χ0v) is 24.3. The number of para-hydroxylation sites is 1.